The van der Waals surface area contributed by atoms with Crippen LogP contribution in [0.3, 0.4) is 0 Å². The molecule has 0 saturated carbocycles. The lowest BCUT2D eigenvalue weighted by Gasteiger charge is -2.19. The van der Waals surface area contributed by atoms with Crippen LogP contribution >= 0.6 is 0 Å². The first-order chi connectivity index (χ1) is 17.2. The highest BCUT2D eigenvalue weighted by atomic mass is 16.5. The van der Waals surface area contributed by atoms with E-state index in [4.69, 9.17) is 9.47 Å². The average molecular weight is 495 g/mol. The molecule has 0 radical (unpaired) electrons. The van der Waals surface area contributed by atoms with Crippen molar-refractivity contribution in [1.82, 2.24) is 4.57 Å². The highest BCUT2D eigenvalue weighted by molar-refractivity contribution is 5.95. The van der Waals surface area contributed by atoms with Gasteiger partial charge in [0, 0.05) is 31.0 Å². The number of anilines is 1. The standard InChI is InChI=1S/C30H42N2O4/c1-8-11-18-32-27-20-24(31-23(7)33)15-16-26(27)28(36-25(9-2)10-3)29(30(32)34)35-19-17-22(6)14-12-13-21(4)5/h9,13,15-17,20H,8,10-12,14,18-19H2,1-7H3,(H,31,33)/b22-17+,25-9?. The van der Waals surface area contributed by atoms with E-state index in [0.29, 0.717) is 29.9 Å². The van der Waals surface area contributed by atoms with E-state index in [-0.39, 0.29) is 23.8 Å². The average Bonchev–Trinajstić information content (AvgIpc) is 2.82. The van der Waals surface area contributed by atoms with E-state index in [1.54, 1.807) is 4.57 Å². The largest absolute Gasteiger partial charge is 0.481 e. The Morgan fingerprint density at radius 2 is 1.83 bits per heavy atom. The zero-order valence-corrected chi connectivity index (χ0v) is 23.0. The summed E-state index contributed by atoms with van der Waals surface area (Å²) in [7, 11) is 0. The van der Waals surface area contributed by atoms with Gasteiger partial charge in [0.15, 0.2) is 5.75 Å². The van der Waals surface area contributed by atoms with Gasteiger partial charge in [0.05, 0.1) is 11.3 Å². The predicted molar refractivity (Wildman–Crippen MR) is 150 cm³/mol. The van der Waals surface area contributed by atoms with Crippen molar-refractivity contribution in [3.8, 4) is 11.5 Å². The first-order valence-electron chi connectivity index (χ1n) is 12.9. The Kier molecular flexibility index (Phi) is 11.5. The maximum Gasteiger partial charge on any atom is 0.297 e. The van der Waals surface area contributed by atoms with Gasteiger partial charge in [0.25, 0.3) is 5.56 Å². The molecule has 1 heterocycles. The number of unbranched alkanes of at least 4 members (excludes halogenated alkanes) is 1. The number of benzene rings is 1. The lowest BCUT2D eigenvalue weighted by Crippen LogP contribution is -2.24. The Bertz CT molecular complexity index is 1200. The summed E-state index contributed by atoms with van der Waals surface area (Å²) in [5.41, 5.74) is 3.64. The van der Waals surface area contributed by atoms with Gasteiger partial charge in [-0.1, -0.05) is 37.5 Å². The van der Waals surface area contributed by atoms with Crippen LogP contribution in [0, 0.1) is 0 Å². The zero-order valence-electron chi connectivity index (χ0n) is 23.0. The SMILES string of the molecule is CC=C(CC)Oc1c(OC/C=C(\C)CCC=C(C)C)c(=O)n(CCCC)c2cc(NC(C)=O)ccc12. The van der Waals surface area contributed by atoms with Crippen LogP contribution < -0.4 is 20.3 Å². The van der Waals surface area contributed by atoms with E-state index in [1.165, 1.54) is 18.1 Å². The molecular formula is C30H42N2O4. The summed E-state index contributed by atoms with van der Waals surface area (Å²) in [6.45, 7) is 14.6. The van der Waals surface area contributed by atoms with Crippen molar-refractivity contribution >= 4 is 22.5 Å². The first-order valence-corrected chi connectivity index (χ1v) is 12.9. The highest BCUT2D eigenvalue weighted by Gasteiger charge is 2.21. The minimum Gasteiger partial charge on any atom is -0.481 e. The van der Waals surface area contributed by atoms with Crippen molar-refractivity contribution in [2.24, 2.45) is 0 Å². The Morgan fingerprint density at radius 3 is 2.44 bits per heavy atom. The number of amides is 1. The quantitative estimate of drug-likeness (QED) is 0.231. The molecule has 0 aliphatic heterocycles. The van der Waals surface area contributed by atoms with Crippen molar-refractivity contribution in [2.45, 2.75) is 87.1 Å². The summed E-state index contributed by atoms with van der Waals surface area (Å²) < 4.78 is 14.1. The summed E-state index contributed by atoms with van der Waals surface area (Å²) in [4.78, 5) is 25.4. The topological polar surface area (TPSA) is 69.6 Å². The van der Waals surface area contributed by atoms with Crippen LogP contribution in [0.1, 0.15) is 80.6 Å². The molecule has 196 valence electrons. The number of nitrogens with one attached hydrogen (secondary N) is 1. The highest BCUT2D eigenvalue weighted by Crippen LogP contribution is 2.36. The molecule has 0 atom stereocenters. The summed E-state index contributed by atoms with van der Waals surface area (Å²) >= 11 is 0. The maximum atomic E-state index is 13.7. The number of ether oxygens (including phenoxy) is 2. The van der Waals surface area contributed by atoms with Gasteiger partial charge in [-0.15, -0.1) is 0 Å². The van der Waals surface area contributed by atoms with Crippen LogP contribution in [-0.2, 0) is 11.3 Å². The number of allylic oxidation sites excluding steroid dienone is 5. The molecule has 0 aliphatic carbocycles. The molecule has 1 amide bonds. The maximum absolute atomic E-state index is 13.7. The minimum absolute atomic E-state index is 0.165. The van der Waals surface area contributed by atoms with E-state index in [1.807, 2.05) is 44.2 Å². The first kappa shape index (κ1) is 29.0. The van der Waals surface area contributed by atoms with Crippen molar-refractivity contribution in [3.63, 3.8) is 0 Å². The summed E-state index contributed by atoms with van der Waals surface area (Å²) in [6.07, 6.45) is 10.5. The van der Waals surface area contributed by atoms with Crippen molar-refractivity contribution in [3.05, 3.63) is 63.7 Å². The van der Waals surface area contributed by atoms with E-state index in [9.17, 15) is 9.59 Å². The Labute approximate surface area is 215 Å². The van der Waals surface area contributed by atoms with Crippen molar-refractivity contribution in [2.75, 3.05) is 11.9 Å². The van der Waals surface area contributed by atoms with E-state index in [0.717, 1.165) is 36.8 Å². The molecule has 1 aromatic heterocycles. The fraction of sp³-hybridized carbons (Fsp3) is 0.467. The van der Waals surface area contributed by atoms with Crippen LogP contribution in [0.25, 0.3) is 10.9 Å². The monoisotopic (exact) mass is 494 g/mol. The third kappa shape index (κ3) is 8.14. The molecular weight excluding hydrogens is 452 g/mol. The third-order valence-electron chi connectivity index (χ3n) is 5.89. The second-order valence-electron chi connectivity index (χ2n) is 9.27. The number of hydrogen-bond acceptors (Lipinski definition) is 4. The summed E-state index contributed by atoms with van der Waals surface area (Å²) in [5, 5.41) is 3.59. The molecule has 2 rings (SSSR count). The van der Waals surface area contributed by atoms with Crippen molar-refractivity contribution in [1.29, 1.82) is 0 Å². The predicted octanol–water partition coefficient (Wildman–Crippen LogP) is 7.52. The number of nitrogens with zero attached hydrogens (tertiary/aromatic N) is 1. The van der Waals surface area contributed by atoms with Crippen LogP contribution in [0.4, 0.5) is 5.69 Å². The molecule has 0 aliphatic rings. The van der Waals surface area contributed by atoms with Gasteiger partial charge in [-0.3, -0.25) is 9.59 Å². The zero-order chi connectivity index (χ0) is 26.7. The number of carbonyl (C=O) groups excluding carboxylic acids is 1. The molecule has 2 aromatic rings. The molecule has 1 aromatic carbocycles. The lowest BCUT2D eigenvalue weighted by atomic mass is 10.1. The number of rotatable bonds is 13. The fourth-order valence-corrected chi connectivity index (χ4v) is 3.87. The number of hydrogen-bond donors (Lipinski definition) is 1. The Morgan fingerprint density at radius 1 is 1.08 bits per heavy atom. The molecule has 0 fully saturated rings. The molecule has 1 N–H and O–H groups in total. The molecule has 0 spiro atoms. The second kappa shape index (κ2) is 14.3. The van der Waals surface area contributed by atoms with Gasteiger partial charge in [-0.25, -0.2) is 0 Å². The van der Waals surface area contributed by atoms with E-state index >= 15 is 0 Å². The number of aryl methyl sites for hydroxylation is 1. The van der Waals surface area contributed by atoms with Crippen molar-refractivity contribution < 1.29 is 14.3 Å². The van der Waals surface area contributed by atoms with Gasteiger partial charge in [-0.2, -0.15) is 0 Å². The number of carbonyl (C=O) groups is 1. The molecule has 0 saturated heterocycles. The van der Waals surface area contributed by atoms with Crippen LogP contribution in [0.2, 0.25) is 0 Å². The van der Waals surface area contributed by atoms with E-state index in [2.05, 4.69) is 39.1 Å². The Hall–Kier alpha value is -3.28. The molecule has 0 unspecified atom stereocenters. The Balaban J connectivity index is 2.60. The van der Waals surface area contributed by atoms with Gasteiger partial charge >= 0.3 is 0 Å². The van der Waals surface area contributed by atoms with Gasteiger partial charge in [0.1, 0.15) is 6.61 Å². The number of aromatic nitrogens is 1. The van der Waals surface area contributed by atoms with Crippen LogP contribution in [-0.4, -0.2) is 17.1 Å². The fourth-order valence-electron chi connectivity index (χ4n) is 3.87. The molecule has 6 nitrogen and oxygen atoms in total. The summed E-state index contributed by atoms with van der Waals surface area (Å²) in [5.74, 6) is 1.23. The van der Waals surface area contributed by atoms with E-state index < -0.39 is 0 Å². The summed E-state index contributed by atoms with van der Waals surface area (Å²) in [6, 6.07) is 5.54. The number of fused-ring (bicyclic) bond motifs is 1. The molecule has 36 heavy (non-hydrogen) atoms. The molecule has 6 heteroatoms. The van der Waals surface area contributed by atoms with Gasteiger partial charge in [0.2, 0.25) is 11.7 Å². The van der Waals surface area contributed by atoms with Gasteiger partial charge in [-0.05, 0) is 77.3 Å². The third-order valence-corrected chi connectivity index (χ3v) is 5.89. The lowest BCUT2D eigenvalue weighted by molar-refractivity contribution is -0.114. The molecule has 0 bridgehead atoms. The minimum atomic E-state index is -0.229. The van der Waals surface area contributed by atoms with Crippen LogP contribution in [0.15, 0.2) is 58.1 Å². The van der Waals surface area contributed by atoms with Gasteiger partial charge < -0.3 is 19.4 Å². The smallest absolute Gasteiger partial charge is 0.297 e. The van der Waals surface area contributed by atoms with Crippen LogP contribution in [0.5, 0.6) is 11.5 Å². The number of pyridine rings is 1. The second-order valence-corrected chi connectivity index (χ2v) is 9.27. The normalized spacial score (nSPS) is 12.0.